The van der Waals surface area contributed by atoms with Crippen molar-refractivity contribution in [3.8, 4) is 11.5 Å². The first-order valence-corrected chi connectivity index (χ1v) is 9.96. The largest absolute Gasteiger partial charge is 0.493 e. The molecule has 0 fully saturated rings. The molecule has 1 aromatic carbocycles. The van der Waals surface area contributed by atoms with Gasteiger partial charge < -0.3 is 19.4 Å². The summed E-state index contributed by atoms with van der Waals surface area (Å²) in [5, 5.41) is 11.7. The highest BCUT2D eigenvalue weighted by atomic mass is 32.2. The fourth-order valence-corrected chi connectivity index (χ4v) is 3.35. The summed E-state index contributed by atoms with van der Waals surface area (Å²) in [5.74, 6) is 1.56. The third-order valence-electron chi connectivity index (χ3n) is 3.86. The lowest BCUT2D eigenvalue weighted by atomic mass is 10.1. The number of hydrogen-bond acceptors (Lipinski definition) is 6. The highest BCUT2D eigenvalue weighted by molar-refractivity contribution is 7.99. The Balaban J connectivity index is 1.96. The molecule has 0 radical (unpaired) electrons. The maximum absolute atomic E-state index is 12.3. The predicted molar refractivity (Wildman–Crippen MR) is 106 cm³/mol. The normalized spacial score (nSPS) is 12.3. The first-order valence-electron chi connectivity index (χ1n) is 8.98. The third kappa shape index (κ3) is 5.89. The van der Waals surface area contributed by atoms with Gasteiger partial charge in [0.05, 0.1) is 25.0 Å². The van der Waals surface area contributed by atoms with E-state index in [1.54, 1.807) is 13.4 Å². The van der Waals surface area contributed by atoms with Gasteiger partial charge in [-0.05, 0) is 52.3 Å². The third-order valence-corrected chi connectivity index (χ3v) is 4.81. The molecule has 0 saturated carbocycles. The van der Waals surface area contributed by atoms with Crippen molar-refractivity contribution in [2.45, 2.75) is 58.0 Å². The van der Waals surface area contributed by atoms with E-state index in [4.69, 9.17) is 9.47 Å². The van der Waals surface area contributed by atoms with Crippen LogP contribution in [-0.2, 0) is 4.79 Å². The van der Waals surface area contributed by atoms with Gasteiger partial charge in [-0.25, -0.2) is 0 Å². The van der Waals surface area contributed by atoms with Crippen molar-refractivity contribution < 1.29 is 14.3 Å². The van der Waals surface area contributed by atoms with E-state index in [0.717, 1.165) is 10.7 Å². The van der Waals surface area contributed by atoms with Crippen molar-refractivity contribution in [2.75, 3.05) is 12.9 Å². The van der Waals surface area contributed by atoms with E-state index in [0.29, 0.717) is 11.5 Å². The zero-order valence-electron chi connectivity index (χ0n) is 16.7. The summed E-state index contributed by atoms with van der Waals surface area (Å²) in [5.41, 5.74) is 0.951. The van der Waals surface area contributed by atoms with Crippen molar-refractivity contribution in [1.29, 1.82) is 0 Å². The number of amides is 1. The van der Waals surface area contributed by atoms with Gasteiger partial charge in [0.2, 0.25) is 5.91 Å². The van der Waals surface area contributed by atoms with Crippen molar-refractivity contribution in [2.24, 2.45) is 0 Å². The summed E-state index contributed by atoms with van der Waals surface area (Å²) >= 11 is 1.38. The number of thioether (sulfide) groups is 1. The topological polar surface area (TPSA) is 78.3 Å². The van der Waals surface area contributed by atoms with Crippen LogP contribution in [0.5, 0.6) is 11.5 Å². The monoisotopic (exact) mass is 392 g/mol. The molecule has 0 aliphatic rings. The predicted octanol–water partition coefficient (Wildman–Crippen LogP) is 3.62. The van der Waals surface area contributed by atoms with Crippen LogP contribution in [0, 0.1) is 0 Å². The number of nitrogens with one attached hydrogen (secondary N) is 1. The number of benzene rings is 1. The second-order valence-corrected chi connectivity index (χ2v) is 7.71. The van der Waals surface area contributed by atoms with Crippen molar-refractivity contribution in [3.63, 3.8) is 0 Å². The molecule has 1 amide bonds. The van der Waals surface area contributed by atoms with E-state index >= 15 is 0 Å². The molecule has 0 spiro atoms. The summed E-state index contributed by atoms with van der Waals surface area (Å²) in [6.45, 7) is 9.98. The summed E-state index contributed by atoms with van der Waals surface area (Å²) in [4.78, 5) is 12.3. The summed E-state index contributed by atoms with van der Waals surface area (Å²) in [7, 11) is 1.61. The number of hydrogen-bond donors (Lipinski definition) is 1. The van der Waals surface area contributed by atoms with Crippen LogP contribution in [0.3, 0.4) is 0 Å². The fraction of sp³-hybridized carbons (Fsp3) is 0.526. The molecule has 2 rings (SSSR count). The minimum atomic E-state index is -0.150. The van der Waals surface area contributed by atoms with E-state index in [1.165, 1.54) is 11.8 Å². The number of aromatic nitrogens is 3. The Morgan fingerprint density at radius 2 is 1.96 bits per heavy atom. The van der Waals surface area contributed by atoms with Gasteiger partial charge >= 0.3 is 0 Å². The molecule has 27 heavy (non-hydrogen) atoms. The van der Waals surface area contributed by atoms with Gasteiger partial charge in [-0.3, -0.25) is 4.79 Å². The molecular weight excluding hydrogens is 364 g/mol. The van der Waals surface area contributed by atoms with Gasteiger partial charge in [0.1, 0.15) is 6.33 Å². The van der Waals surface area contributed by atoms with Crippen LogP contribution in [0.25, 0.3) is 0 Å². The number of carbonyl (C=O) groups excluding carboxylic acids is 1. The van der Waals surface area contributed by atoms with Gasteiger partial charge in [0.15, 0.2) is 16.7 Å². The molecule has 0 aliphatic carbocycles. The average Bonchev–Trinajstić information content (AvgIpc) is 3.08. The van der Waals surface area contributed by atoms with Crippen molar-refractivity contribution in [3.05, 3.63) is 30.1 Å². The number of carbonyl (C=O) groups is 1. The van der Waals surface area contributed by atoms with Gasteiger partial charge in [-0.15, -0.1) is 10.2 Å². The zero-order chi connectivity index (χ0) is 20.0. The Kier molecular flexibility index (Phi) is 7.53. The molecule has 1 N–H and O–H groups in total. The second-order valence-electron chi connectivity index (χ2n) is 6.77. The Bertz CT molecular complexity index is 761. The smallest absolute Gasteiger partial charge is 0.230 e. The Labute approximate surface area is 164 Å². The molecule has 1 atom stereocenters. The molecular formula is C19H28N4O3S. The maximum Gasteiger partial charge on any atom is 0.230 e. The molecule has 1 heterocycles. The van der Waals surface area contributed by atoms with Crippen LogP contribution in [-0.4, -0.2) is 39.6 Å². The number of nitrogens with zero attached hydrogens (tertiary/aromatic N) is 3. The standard InChI is InChI=1S/C19H28N4O3S/c1-12(2)23-11-20-22-19(23)27-10-18(24)21-14(5)15-7-8-16(26-13(3)4)17(9-15)25-6/h7-9,11-14H,10H2,1-6H3,(H,21,24). The molecule has 1 aromatic heterocycles. The molecule has 2 aromatic rings. The second kappa shape index (κ2) is 9.64. The highest BCUT2D eigenvalue weighted by Crippen LogP contribution is 2.31. The summed E-state index contributed by atoms with van der Waals surface area (Å²) < 4.78 is 13.1. The van der Waals surface area contributed by atoms with Crippen molar-refractivity contribution >= 4 is 17.7 Å². The minimum absolute atomic E-state index is 0.0618. The van der Waals surface area contributed by atoms with Crippen LogP contribution in [0.15, 0.2) is 29.7 Å². The van der Waals surface area contributed by atoms with Crippen LogP contribution < -0.4 is 14.8 Å². The van der Waals surface area contributed by atoms with E-state index in [2.05, 4.69) is 29.4 Å². The maximum atomic E-state index is 12.3. The van der Waals surface area contributed by atoms with Crippen LogP contribution in [0.4, 0.5) is 0 Å². The summed E-state index contributed by atoms with van der Waals surface area (Å²) in [6, 6.07) is 5.81. The van der Waals surface area contributed by atoms with E-state index in [-0.39, 0.29) is 29.8 Å². The average molecular weight is 393 g/mol. The lowest BCUT2D eigenvalue weighted by Gasteiger charge is -2.18. The van der Waals surface area contributed by atoms with E-state index < -0.39 is 0 Å². The molecule has 0 aliphatic heterocycles. The lowest BCUT2D eigenvalue weighted by molar-refractivity contribution is -0.119. The highest BCUT2D eigenvalue weighted by Gasteiger charge is 2.15. The van der Waals surface area contributed by atoms with E-state index in [1.807, 2.05) is 43.5 Å². The molecule has 148 valence electrons. The van der Waals surface area contributed by atoms with Crippen LogP contribution in [0.1, 0.15) is 52.3 Å². The van der Waals surface area contributed by atoms with Crippen LogP contribution >= 0.6 is 11.8 Å². The summed E-state index contributed by atoms with van der Waals surface area (Å²) in [6.07, 6.45) is 1.74. The first-order chi connectivity index (χ1) is 12.8. The fourth-order valence-electron chi connectivity index (χ4n) is 2.49. The molecule has 8 heteroatoms. The van der Waals surface area contributed by atoms with Crippen molar-refractivity contribution in [1.82, 2.24) is 20.1 Å². The zero-order valence-corrected chi connectivity index (χ0v) is 17.5. The number of methoxy groups -OCH3 is 1. The van der Waals surface area contributed by atoms with Gasteiger partial charge in [0, 0.05) is 6.04 Å². The van der Waals surface area contributed by atoms with Gasteiger partial charge in [-0.2, -0.15) is 0 Å². The molecule has 0 bridgehead atoms. The number of ether oxygens (including phenoxy) is 2. The number of rotatable bonds is 9. The van der Waals surface area contributed by atoms with Crippen LogP contribution in [0.2, 0.25) is 0 Å². The Morgan fingerprint density at radius 3 is 2.59 bits per heavy atom. The van der Waals surface area contributed by atoms with Gasteiger partial charge in [-0.1, -0.05) is 17.8 Å². The van der Waals surface area contributed by atoms with Gasteiger partial charge in [0.25, 0.3) is 0 Å². The lowest BCUT2D eigenvalue weighted by Crippen LogP contribution is -2.28. The SMILES string of the molecule is COc1cc(C(C)NC(=O)CSc2nncn2C(C)C)ccc1OC(C)C. The first kappa shape index (κ1) is 21.1. The molecule has 7 nitrogen and oxygen atoms in total. The quantitative estimate of drug-likeness (QED) is 0.657. The minimum Gasteiger partial charge on any atom is -0.493 e. The molecule has 0 saturated heterocycles. The Hall–Kier alpha value is -2.22. The Morgan fingerprint density at radius 1 is 1.22 bits per heavy atom. The molecule has 1 unspecified atom stereocenters. The van der Waals surface area contributed by atoms with E-state index in [9.17, 15) is 4.79 Å².